The van der Waals surface area contributed by atoms with Crippen LogP contribution in [0.1, 0.15) is 5.69 Å². The first-order valence-electron chi connectivity index (χ1n) is 5.77. The third kappa shape index (κ3) is 2.29. The molecule has 0 aliphatic carbocycles. The summed E-state index contributed by atoms with van der Waals surface area (Å²) in [5, 5.41) is 9.64. The van der Waals surface area contributed by atoms with E-state index in [0.717, 1.165) is 15.8 Å². The third-order valence-electron chi connectivity index (χ3n) is 2.81. The predicted octanol–water partition coefficient (Wildman–Crippen LogP) is 3.38. The number of nitrogens with zero attached hydrogens (tertiary/aromatic N) is 2. The molecule has 5 heteroatoms. The van der Waals surface area contributed by atoms with Crippen molar-refractivity contribution in [2.45, 2.75) is 6.61 Å². The van der Waals surface area contributed by atoms with Gasteiger partial charge in [-0.1, -0.05) is 12.1 Å². The van der Waals surface area contributed by atoms with E-state index in [1.807, 2.05) is 28.8 Å². The largest absolute Gasteiger partial charge is 0.504 e. The van der Waals surface area contributed by atoms with Gasteiger partial charge in [-0.05, 0) is 40.2 Å². The SMILES string of the molecule is Oc1ccccc1OCc1cnc2c(Br)cccn12. The highest BCUT2D eigenvalue weighted by Gasteiger charge is 2.07. The second kappa shape index (κ2) is 4.93. The van der Waals surface area contributed by atoms with E-state index in [0.29, 0.717) is 12.4 Å². The molecule has 1 aromatic carbocycles. The van der Waals surface area contributed by atoms with Crippen LogP contribution in [-0.4, -0.2) is 14.5 Å². The number of aromatic hydroxyl groups is 1. The van der Waals surface area contributed by atoms with Crippen LogP contribution in [0.3, 0.4) is 0 Å². The average Bonchev–Trinajstić information content (AvgIpc) is 2.83. The van der Waals surface area contributed by atoms with Gasteiger partial charge in [0.15, 0.2) is 17.1 Å². The first-order chi connectivity index (χ1) is 9.25. The van der Waals surface area contributed by atoms with Crippen LogP contribution in [0.2, 0.25) is 0 Å². The van der Waals surface area contributed by atoms with Crippen molar-refractivity contribution in [2.24, 2.45) is 0 Å². The van der Waals surface area contributed by atoms with Gasteiger partial charge in [0.1, 0.15) is 6.61 Å². The summed E-state index contributed by atoms with van der Waals surface area (Å²) in [6.07, 6.45) is 3.69. The fourth-order valence-corrected chi connectivity index (χ4v) is 2.31. The Balaban J connectivity index is 1.87. The number of halogens is 1. The summed E-state index contributed by atoms with van der Waals surface area (Å²) >= 11 is 3.45. The Hall–Kier alpha value is -2.01. The standard InChI is InChI=1S/C14H11BrN2O2/c15-11-4-3-7-17-10(8-16-14(11)17)9-19-13-6-2-1-5-12(13)18/h1-8,18H,9H2. The molecule has 0 atom stereocenters. The van der Waals surface area contributed by atoms with E-state index >= 15 is 0 Å². The van der Waals surface area contributed by atoms with Crippen LogP contribution >= 0.6 is 15.9 Å². The number of ether oxygens (including phenoxy) is 1. The van der Waals surface area contributed by atoms with Crippen LogP contribution in [0.5, 0.6) is 11.5 Å². The topological polar surface area (TPSA) is 46.8 Å². The highest BCUT2D eigenvalue weighted by atomic mass is 79.9. The van der Waals surface area contributed by atoms with Gasteiger partial charge in [0.25, 0.3) is 0 Å². The number of hydrogen-bond acceptors (Lipinski definition) is 3. The van der Waals surface area contributed by atoms with E-state index in [1.165, 1.54) is 0 Å². The van der Waals surface area contributed by atoms with Crippen molar-refractivity contribution in [3.05, 3.63) is 59.0 Å². The number of hydrogen-bond donors (Lipinski definition) is 1. The van der Waals surface area contributed by atoms with Crippen molar-refractivity contribution in [3.63, 3.8) is 0 Å². The summed E-state index contributed by atoms with van der Waals surface area (Å²) < 4.78 is 8.49. The van der Waals surface area contributed by atoms with Crippen LogP contribution in [0.15, 0.2) is 53.3 Å². The van der Waals surface area contributed by atoms with Gasteiger partial charge in [-0.25, -0.2) is 4.98 Å². The maximum absolute atomic E-state index is 9.64. The quantitative estimate of drug-likeness (QED) is 0.805. The number of pyridine rings is 1. The molecule has 4 nitrogen and oxygen atoms in total. The fraction of sp³-hybridized carbons (Fsp3) is 0.0714. The van der Waals surface area contributed by atoms with Crippen LogP contribution < -0.4 is 4.74 Å². The summed E-state index contributed by atoms with van der Waals surface area (Å²) in [5.41, 5.74) is 1.76. The molecule has 0 fully saturated rings. The molecule has 96 valence electrons. The third-order valence-corrected chi connectivity index (χ3v) is 3.42. The highest BCUT2D eigenvalue weighted by Crippen LogP contribution is 2.25. The van der Waals surface area contributed by atoms with E-state index in [-0.39, 0.29) is 5.75 Å². The molecule has 3 aromatic rings. The van der Waals surface area contributed by atoms with Crippen LogP contribution in [0.4, 0.5) is 0 Å². The summed E-state index contributed by atoms with van der Waals surface area (Å²) in [6, 6.07) is 10.8. The smallest absolute Gasteiger partial charge is 0.161 e. The predicted molar refractivity (Wildman–Crippen MR) is 75.3 cm³/mol. The van der Waals surface area contributed by atoms with E-state index in [9.17, 15) is 5.11 Å². The molecule has 0 aliphatic rings. The Bertz CT molecular complexity index is 724. The maximum Gasteiger partial charge on any atom is 0.161 e. The molecule has 3 rings (SSSR count). The molecule has 0 saturated heterocycles. The number of phenols is 1. The van der Waals surface area contributed by atoms with Gasteiger partial charge in [-0.2, -0.15) is 0 Å². The summed E-state index contributed by atoms with van der Waals surface area (Å²) in [4.78, 5) is 4.33. The number of para-hydroxylation sites is 2. The minimum Gasteiger partial charge on any atom is -0.504 e. The number of fused-ring (bicyclic) bond motifs is 1. The van der Waals surface area contributed by atoms with Gasteiger partial charge in [-0.3, -0.25) is 4.40 Å². The lowest BCUT2D eigenvalue weighted by Crippen LogP contribution is -1.99. The number of imidazole rings is 1. The van der Waals surface area contributed by atoms with Crippen molar-refractivity contribution >= 4 is 21.6 Å². The van der Waals surface area contributed by atoms with E-state index < -0.39 is 0 Å². The van der Waals surface area contributed by atoms with E-state index in [2.05, 4.69) is 20.9 Å². The van der Waals surface area contributed by atoms with Crippen molar-refractivity contribution in [2.75, 3.05) is 0 Å². The summed E-state index contributed by atoms with van der Waals surface area (Å²) in [5.74, 6) is 0.602. The average molecular weight is 319 g/mol. The van der Waals surface area contributed by atoms with Gasteiger partial charge in [-0.15, -0.1) is 0 Å². The Kier molecular flexibility index (Phi) is 3.13. The van der Waals surface area contributed by atoms with Crippen molar-refractivity contribution in [1.82, 2.24) is 9.38 Å². The number of rotatable bonds is 3. The Morgan fingerprint density at radius 1 is 1.21 bits per heavy atom. The second-order valence-corrected chi connectivity index (χ2v) is 4.91. The Morgan fingerprint density at radius 3 is 2.89 bits per heavy atom. The second-order valence-electron chi connectivity index (χ2n) is 4.06. The number of phenolic OH excluding ortho intramolecular Hbond substituents is 1. The lowest BCUT2D eigenvalue weighted by molar-refractivity contribution is 0.284. The molecule has 1 N–H and O–H groups in total. The van der Waals surface area contributed by atoms with Crippen LogP contribution in [0, 0.1) is 0 Å². The molecule has 2 heterocycles. The van der Waals surface area contributed by atoms with Gasteiger partial charge in [0, 0.05) is 6.20 Å². The fourth-order valence-electron chi connectivity index (χ4n) is 1.86. The van der Waals surface area contributed by atoms with Crippen molar-refractivity contribution < 1.29 is 9.84 Å². The van der Waals surface area contributed by atoms with E-state index in [1.54, 1.807) is 24.4 Å². The molecule has 2 aromatic heterocycles. The zero-order valence-corrected chi connectivity index (χ0v) is 11.5. The molecule has 0 radical (unpaired) electrons. The maximum atomic E-state index is 9.64. The summed E-state index contributed by atoms with van der Waals surface area (Å²) in [7, 11) is 0. The Morgan fingerprint density at radius 2 is 2.05 bits per heavy atom. The zero-order chi connectivity index (χ0) is 13.2. The van der Waals surface area contributed by atoms with Gasteiger partial charge in [0.05, 0.1) is 16.4 Å². The molecule has 0 saturated carbocycles. The molecule has 0 bridgehead atoms. The highest BCUT2D eigenvalue weighted by molar-refractivity contribution is 9.10. The molecular weight excluding hydrogens is 308 g/mol. The minimum atomic E-state index is 0.137. The van der Waals surface area contributed by atoms with Gasteiger partial charge in [0.2, 0.25) is 0 Å². The Labute approximate surface area is 118 Å². The molecule has 0 unspecified atom stereocenters. The number of benzene rings is 1. The number of aromatic nitrogens is 2. The molecule has 19 heavy (non-hydrogen) atoms. The molecule has 0 aliphatic heterocycles. The van der Waals surface area contributed by atoms with Crippen molar-refractivity contribution in [3.8, 4) is 11.5 Å². The molecule has 0 amide bonds. The van der Waals surface area contributed by atoms with Gasteiger partial charge >= 0.3 is 0 Å². The molecular formula is C14H11BrN2O2. The first-order valence-corrected chi connectivity index (χ1v) is 6.56. The van der Waals surface area contributed by atoms with Crippen molar-refractivity contribution in [1.29, 1.82) is 0 Å². The zero-order valence-electron chi connectivity index (χ0n) is 9.95. The monoisotopic (exact) mass is 318 g/mol. The van der Waals surface area contributed by atoms with E-state index in [4.69, 9.17) is 4.74 Å². The van der Waals surface area contributed by atoms with Gasteiger partial charge < -0.3 is 9.84 Å². The first kappa shape index (κ1) is 12.0. The summed E-state index contributed by atoms with van der Waals surface area (Å²) in [6.45, 7) is 0.342. The minimum absolute atomic E-state index is 0.137. The normalized spacial score (nSPS) is 10.8. The van der Waals surface area contributed by atoms with Crippen LogP contribution in [-0.2, 0) is 6.61 Å². The lowest BCUT2D eigenvalue weighted by atomic mass is 10.3. The van der Waals surface area contributed by atoms with Crippen LogP contribution in [0.25, 0.3) is 5.65 Å². The lowest BCUT2D eigenvalue weighted by Gasteiger charge is -2.07. The molecule has 0 spiro atoms.